The van der Waals surface area contributed by atoms with Crippen molar-refractivity contribution >= 4 is 17.9 Å². The van der Waals surface area contributed by atoms with E-state index in [1.54, 1.807) is 6.92 Å². The molecule has 0 bridgehead atoms. The lowest BCUT2D eigenvalue weighted by Gasteiger charge is -1.91. The maximum absolute atomic E-state index is 10.2. The summed E-state index contributed by atoms with van der Waals surface area (Å²) in [5, 5.41) is 31.0. The molecule has 0 radical (unpaired) electrons. The minimum Gasteiger partial charge on any atom is -0.478 e. The number of aliphatic hydroxyl groups is 2. The topological polar surface area (TPSA) is 141 Å². The molecule has 0 aromatic carbocycles. The van der Waals surface area contributed by atoms with Crippen LogP contribution in [0.1, 0.15) is 20.8 Å². The van der Waals surface area contributed by atoms with E-state index in [9.17, 15) is 14.4 Å². The molecule has 0 aromatic heterocycles. The molecular weight excluding hydrogens is 308 g/mol. The molecule has 0 fully saturated rings. The molecule has 23 heavy (non-hydrogen) atoms. The van der Waals surface area contributed by atoms with Crippen LogP contribution in [0.2, 0.25) is 0 Å². The Bertz CT molecular complexity index is 360. The molecule has 0 atom stereocenters. The second kappa shape index (κ2) is 19.6. The van der Waals surface area contributed by atoms with Crippen LogP contribution < -0.4 is 0 Å². The first-order valence-electron chi connectivity index (χ1n) is 6.12. The highest BCUT2D eigenvalue weighted by Crippen LogP contribution is 1.87. The van der Waals surface area contributed by atoms with E-state index in [2.05, 4.69) is 24.5 Å². The Kier molecular flexibility index (Phi) is 24.4. The number of carbonyl (C=O) groups is 3. The molecule has 0 aliphatic rings. The lowest BCUT2D eigenvalue weighted by molar-refractivity contribution is -0.136. The summed E-state index contributed by atoms with van der Waals surface area (Å²) in [5.41, 5.74) is 0.785. The zero-order valence-corrected chi connectivity index (χ0v) is 14.0. The van der Waals surface area contributed by atoms with Crippen LogP contribution in [0.15, 0.2) is 36.5 Å². The maximum Gasteiger partial charge on any atom is 0.332 e. The highest BCUT2D eigenvalue weighted by molar-refractivity contribution is 5.86. The summed E-state index contributed by atoms with van der Waals surface area (Å²) in [6.45, 7) is 13.9. The molecule has 0 spiro atoms. The molecule has 0 aromatic rings. The molecule has 0 aliphatic heterocycles. The van der Waals surface area contributed by atoms with Crippen LogP contribution >= 0.6 is 0 Å². The lowest BCUT2D eigenvalue weighted by Crippen LogP contribution is -1.98. The van der Waals surface area contributed by atoms with Gasteiger partial charge in [-0.1, -0.05) is 19.7 Å². The highest BCUT2D eigenvalue weighted by atomic mass is 16.5. The van der Waals surface area contributed by atoms with E-state index in [-0.39, 0.29) is 30.3 Å². The van der Waals surface area contributed by atoms with Crippen LogP contribution in [0.5, 0.6) is 0 Å². The molecule has 4 N–H and O–H groups in total. The number of carboxylic acid groups (broad SMARTS) is 2. The quantitative estimate of drug-likeness (QED) is 0.441. The Hall–Kier alpha value is -2.45. The van der Waals surface area contributed by atoms with Gasteiger partial charge in [0, 0.05) is 16.7 Å². The zero-order valence-electron chi connectivity index (χ0n) is 14.0. The third-order valence-corrected chi connectivity index (χ3v) is 1.36. The van der Waals surface area contributed by atoms with Gasteiger partial charge in [0.1, 0.15) is 0 Å². The molecule has 0 rings (SSSR count). The fourth-order valence-electron chi connectivity index (χ4n) is 0.174. The number of hydrogen-bond acceptors (Lipinski definition) is 6. The number of aliphatic hydroxyl groups excluding tert-OH is 2. The van der Waals surface area contributed by atoms with Crippen LogP contribution in [0.4, 0.5) is 0 Å². The Morgan fingerprint density at radius 1 is 0.783 bits per heavy atom. The lowest BCUT2D eigenvalue weighted by atomic mass is 10.4. The molecule has 134 valence electrons. The molecule has 8 nitrogen and oxygen atoms in total. The van der Waals surface area contributed by atoms with Gasteiger partial charge in [0.05, 0.1) is 20.3 Å². The predicted octanol–water partition coefficient (Wildman–Crippen LogP) is 1.00. The van der Waals surface area contributed by atoms with Crippen molar-refractivity contribution in [2.24, 2.45) is 0 Å². The van der Waals surface area contributed by atoms with Crippen LogP contribution in [-0.2, 0) is 19.1 Å². The number of methoxy groups -OCH3 is 1. The van der Waals surface area contributed by atoms with Crippen LogP contribution in [-0.4, -0.2) is 58.7 Å². The molecular formula is C15H26O8. The molecule has 0 amide bonds. The second-order valence-corrected chi connectivity index (χ2v) is 3.89. The first-order chi connectivity index (χ1) is 10.4. The van der Waals surface area contributed by atoms with Gasteiger partial charge in [0.25, 0.3) is 0 Å². The van der Waals surface area contributed by atoms with Gasteiger partial charge in [-0.05, 0) is 20.8 Å². The highest BCUT2D eigenvalue weighted by Gasteiger charge is 1.95. The number of aliphatic carboxylic acids is 2. The van der Waals surface area contributed by atoms with E-state index in [1.165, 1.54) is 21.0 Å². The van der Waals surface area contributed by atoms with E-state index in [0.717, 1.165) is 0 Å². The minimum atomic E-state index is -0.935. The normalized spacial score (nSPS) is 7.57. The fraction of sp³-hybridized carbons (Fsp3) is 0.400. The van der Waals surface area contributed by atoms with Crippen molar-refractivity contribution in [3.63, 3.8) is 0 Å². The van der Waals surface area contributed by atoms with Crippen molar-refractivity contribution in [1.82, 2.24) is 0 Å². The number of esters is 1. The van der Waals surface area contributed by atoms with Gasteiger partial charge in [-0.15, -0.1) is 0 Å². The number of hydrogen-bond donors (Lipinski definition) is 4. The summed E-state index contributed by atoms with van der Waals surface area (Å²) >= 11 is 0. The molecule has 0 saturated heterocycles. The van der Waals surface area contributed by atoms with Crippen molar-refractivity contribution in [2.75, 3.05) is 20.3 Å². The molecule has 0 heterocycles. The van der Waals surface area contributed by atoms with Crippen molar-refractivity contribution in [2.45, 2.75) is 20.8 Å². The van der Waals surface area contributed by atoms with Crippen molar-refractivity contribution in [3.8, 4) is 0 Å². The second-order valence-electron chi connectivity index (χ2n) is 3.89. The average Bonchev–Trinajstić information content (AvgIpc) is 2.47. The summed E-state index contributed by atoms with van der Waals surface area (Å²) in [6.07, 6.45) is 0. The smallest absolute Gasteiger partial charge is 0.332 e. The van der Waals surface area contributed by atoms with Crippen LogP contribution in [0.25, 0.3) is 0 Å². The standard InChI is InChI=1S/C5H8O2.2C4H6O2.C2H6O2/c1-4(2)5(6)7-3;2*1-3(2)4(5)6;3-1-2-4/h1H2,2-3H3;2*1H2,2H3,(H,5,6);3-4H,1-2H2. The number of rotatable bonds is 4. The van der Waals surface area contributed by atoms with Gasteiger partial charge in [-0.2, -0.15) is 0 Å². The first kappa shape index (κ1) is 28.7. The van der Waals surface area contributed by atoms with Gasteiger partial charge in [-0.3, -0.25) is 0 Å². The fourth-order valence-corrected chi connectivity index (χ4v) is 0.174. The molecule has 0 saturated carbocycles. The largest absolute Gasteiger partial charge is 0.478 e. The molecule has 0 aliphatic carbocycles. The Balaban J connectivity index is -0.000000107. The van der Waals surface area contributed by atoms with E-state index >= 15 is 0 Å². The van der Waals surface area contributed by atoms with Gasteiger partial charge in [-0.25, -0.2) is 14.4 Å². The first-order valence-corrected chi connectivity index (χ1v) is 6.12. The average molecular weight is 334 g/mol. The van der Waals surface area contributed by atoms with Gasteiger partial charge in [0.15, 0.2) is 0 Å². The Morgan fingerprint density at radius 3 is 1.00 bits per heavy atom. The maximum atomic E-state index is 10.2. The van der Waals surface area contributed by atoms with Crippen molar-refractivity contribution in [1.29, 1.82) is 0 Å². The van der Waals surface area contributed by atoms with E-state index in [0.29, 0.717) is 5.57 Å². The zero-order chi connectivity index (χ0) is 19.6. The van der Waals surface area contributed by atoms with E-state index < -0.39 is 11.9 Å². The Morgan fingerprint density at radius 2 is 1.00 bits per heavy atom. The number of ether oxygens (including phenoxy) is 1. The summed E-state index contributed by atoms with van der Waals surface area (Å²) in [7, 11) is 1.33. The summed E-state index contributed by atoms with van der Waals surface area (Å²) in [5.74, 6) is -2.22. The number of carboxylic acids is 2. The van der Waals surface area contributed by atoms with Gasteiger partial charge < -0.3 is 25.2 Å². The van der Waals surface area contributed by atoms with Gasteiger partial charge >= 0.3 is 17.9 Å². The van der Waals surface area contributed by atoms with Crippen LogP contribution in [0, 0.1) is 0 Å². The third-order valence-electron chi connectivity index (χ3n) is 1.36. The van der Waals surface area contributed by atoms with Crippen molar-refractivity contribution in [3.05, 3.63) is 36.5 Å². The Labute approximate surface area is 136 Å². The van der Waals surface area contributed by atoms with Gasteiger partial charge in [0.2, 0.25) is 0 Å². The monoisotopic (exact) mass is 334 g/mol. The van der Waals surface area contributed by atoms with Crippen LogP contribution in [0.3, 0.4) is 0 Å². The third kappa shape index (κ3) is 38.2. The summed E-state index contributed by atoms with van der Waals surface area (Å²) in [6, 6.07) is 0. The minimum absolute atomic E-state index is 0.125. The molecule has 0 unspecified atom stereocenters. The predicted molar refractivity (Wildman–Crippen MR) is 85.9 cm³/mol. The molecule has 8 heteroatoms. The number of carbonyl (C=O) groups excluding carboxylic acids is 1. The SMILES string of the molecule is C=C(C)C(=O)O.C=C(C)C(=O)O.C=C(C)C(=O)OC.OCCO. The van der Waals surface area contributed by atoms with E-state index in [1.807, 2.05) is 0 Å². The summed E-state index contributed by atoms with van der Waals surface area (Å²) in [4.78, 5) is 29.4. The summed E-state index contributed by atoms with van der Waals surface area (Å²) < 4.78 is 4.27. The van der Waals surface area contributed by atoms with E-state index in [4.69, 9.17) is 20.4 Å². The van der Waals surface area contributed by atoms with Crippen molar-refractivity contribution < 1.29 is 39.5 Å².